The van der Waals surface area contributed by atoms with Gasteiger partial charge in [0.25, 0.3) is 0 Å². The minimum Gasteiger partial charge on any atom is -0.358 e. The topological polar surface area (TPSA) is 0 Å². The summed E-state index contributed by atoms with van der Waals surface area (Å²) in [5.41, 5.74) is 0. The molecule has 0 unspecified atom stereocenters. The Hall–Kier alpha value is 0.934. The zero-order valence-corrected chi connectivity index (χ0v) is 6.48. The molecule has 1 radical (unpaired) electrons. The Bertz CT molecular complexity index is 9.51. The summed E-state index contributed by atoms with van der Waals surface area (Å²) in [6, 6.07) is 0. The van der Waals surface area contributed by atoms with E-state index >= 15 is 0 Å². The first-order valence-electron chi connectivity index (χ1n) is 1.20. The van der Waals surface area contributed by atoms with Crippen molar-refractivity contribution >= 4 is 11.8 Å². The molecule has 0 saturated heterocycles. The summed E-state index contributed by atoms with van der Waals surface area (Å²) >= 11 is 1.75. The summed E-state index contributed by atoms with van der Waals surface area (Å²) in [5, 5.41) is 0. The quantitative estimate of drug-likeness (QED) is 0.500. The van der Waals surface area contributed by atoms with Crippen LogP contribution in [0, 0.1) is 14.4 Å². The number of hydrogen-bond acceptors (Lipinski definition) is 1. The van der Waals surface area contributed by atoms with Gasteiger partial charge in [0.2, 0.25) is 0 Å². The molecule has 0 aromatic rings. The Morgan fingerprint density at radius 2 is 1.83 bits per heavy atom. The van der Waals surface area contributed by atoms with E-state index in [1.165, 1.54) is 0 Å². The van der Waals surface area contributed by atoms with Crippen molar-refractivity contribution in [2.24, 2.45) is 0 Å². The molecule has 0 saturated carbocycles. The van der Waals surface area contributed by atoms with Gasteiger partial charge in [-0.1, -0.05) is 0 Å². The SMILES string of the molecule is [CH2-]CSC.[CH3-].[V+2]. The van der Waals surface area contributed by atoms with Gasteiger partial charge in [-0.15, -0.1) is 5.75 Å². The van der Waals surface area contributed by atoms with Crippen LogP contribution in [0.2, 0.25) is 0 Å². The molecule has 0 aliphatic rings. The molecule has 0 amide bonds. The van der Waals surface area contributed by atoms with Crippen molar-refractivity contribution in [1.82, 2.24) is 0 Å². The van der Waals surface area contributed by atoms with Crippen molar-refractivity contribution < 1.29 is 18.6 Å². The molecule has 0 aromatic carbocycles. The molecule has 0 heterocycles. The Morgan fingerprint density at radius 3 is 1.83 bits per heavy atom. The second-order valence-corrected chi connectivity index (χ2v) is 1.48. The fourth-order valence-corrected chi connectivity index (χ4v) is 0. The number of hydrogen-bond donors (Lipinski definition) is 0. The molecule has 0 N–H and O–H groups in total. The molecule has 0 aromatic heterocycles. The van der Waals surface area contributed by atoms with Crippen LogP contribution in [-0.4, -0.2) is 12.0 Å². The predicted molar refractivity (Wildman–Crippen MR) is 30.2 cm³/mol. The van der Waals surface area contributed by atoms with E-state index < -0.39 is 0 Å². The molecule has 37 valence electrons. The molecule has 0 nitrogen and oxygen atoms in total. The summed E-state index contributed by atoms with van der Waals surface area (Å²) in [5.74, 6) is 0.986. The van der Waals surface area contributed by atoms with Gasteiger partial charge in [-0.2, -0.15) is 11.8 Å². The average Bonchev–Trinajstić information content (AvgIpc) is 1.37. The van der Waals surface area contributed by atoms with Crippen molar-refractivity contribution in [2.75, 3.05) is 12.0 Å². The van der Waals surface area contributed by atoms with Gasteiger partial charge in [-0.3, -0.25) is 0 Å². The Balaban J connectivity index is -0.0000000450. The fourth-order valence-electron chi connectivity index (χ4n) is 0. The maximum absolute atomic E-state index is 3.57. The van der Waals surface area contributed by atoms with Crippen LogP contribution in [0.3, 0.4) is 0 Å². The van der Waals surface area contributed by atoms with Gasteiger partial charge >= 0.3 is 18.6 Å². The maximum Gasteiger partial charge on any atom is 2.00 e. The first-order valence-corrected chi connectivity index (χ1v) is 2.59. The molecule has 0 spiro atoms. The number of thioether (sulfide) groups is 1. The van der Waals surface area contributed by atoms with Gasteiger partial charge in [-0.05, 0) is 6.26 Å². The van der Waals surface area contributed by atoms with E-state index in [0.29, 0.717) is 0 Å². The van der Waals surface area contributed by atoms with Gasteiger partial charge in [0, 0.05) is 0 Å². The van der Waals surface area contributed by atoms with E-state index in [1.807, 2.05) is 6.26 Å². The second kappa shape index (κ2) is 16.8. The van der Waals surface area contributed by atoms with Gasteiger partial charge in [0.15, 0.2) is 0 Å². The van der Waals surface area contributed by atoms with Crippen LogP contribution in [0.1, 0.15) is 0 Å². The number of rotatable bonds is 1. The van der Waals surface area contributed by atoms with Crippen molar-refractivity contribution in [3.05, 3.63) is 14.4 Å². The average molecular weight is 141 g/mol. The normalized spacial score (nSPS) is 5.00. The molecule has 0 atom stereocenters. The molecule has 6 heavy (non-hydrogen) atoms. The zero-order valence-electron chi connectivity index (χ0n) is 4.27. The van der Waals surface area contributed by atoms with Crippen LogP contribution in [0.15, 0.2) is 0 Å². The second-order valence-electron chi connectivity index (χ2n) is 0.493. The molecule has 0 aliphatic heterocycles. The van der Waals surface area contributed by atoms with Gasteiger partial charge in [0.1, 0.15) is 0 Å². The molecule has 2 heteroatoms. The summed E-state index contributed by atoms with van der Waals surface area (Å²) in [4.78, 5) is 0. The standard InChI is InChI=1S/C3H7S.CH3.V/c1-3-4-2;;/h1,3H2,2H3;1H3;/q2*-1;+2. The van der Waals surface area contributed by atoms with Crippen LogP contribution in [0.4, 0.5) is 0 Å². The monoisotopic (exact) mass is 141 g/mol. The van der Waals surface area contributed by atoms with Crippen LogP contribution in [-0.2, 0) is 18.6 Å². The first-order chi connectivity index (χ1) is 1.91. The van der Waals surface area contributed by atoms with E-state index in [4.69, 9.17) is 0 Å². The van der Waals surface area contributed by atoms with Gasteiger partial charge in [-0.25, -0.2) is 0 Å². The largest absolute Gasteiger partial charge is 2.00 e. The smallest absolute Gasteiger partial charge is 0.358 e. The first kappa shape index (κ1) is 15.8. The van der Waals surface area contributed by atoms with Gasteiger partial charge in [0.05, 0.1) is 0 Å². The molecular formula is C4H10SV. The zero-order chi connectivity index (χ0) is 3.41. The van der Waals surface area contributed by atoms with E-state index in [0.717, 1.165) is 5.75 Å². The van der Waals surface area contributed by atoms with E-state index in [2.05, 4.69) is 6.92 Å². The van der Waals surface area contributed by atoms with Crippen molar-refractivity contribution in [1.29, 1.82) is 0 Å². The van der Waals surface area contributed by atoms with Crippen LogP contribution in [0.25, 0.3) is 0 Å². The molecule has 0 fully saturated rings. The van der Waals surface area contributed by atoms with E-state index in [-0.39, 0.29) is 26.0 Å². The Morgan fingerprint density at radius 1 is 1.67 bits per heavy atom. The summed E-state index contributed by atoms with van der Waals surface area (Å²) < 4.78 is 0. The van der Waals surface area contributed by atoms with Crippen LogP contribution < -0.4 is 0 Å². The van der Waals surface area contributed by atoms with Crippen LogP contribution in [0.5, 0.6) is 0 Å². The minimum absolute atomic E-state index is 0. The summed E-state index contributed by atoms with van der Waals surface area (Å²) in [6.45, 7) is 3.57. The van der Waals surface area contributed by atoms with Crippen LogP contribution >= 0.6 is 11.8 Å². The molecular weight excluding hydrogens is 131 g/mol. The fraction of sp³-hybridized carbons (Fsp3) is 0.500. The van der Waals surface area contributed by atoms with E-state index in [1.54, 1.807) is 11.8 Å². The van der Waals surface area contributed by atoms with E-state index in [9.17, 15) is 0 Å². The Kier molecular flexibility index (Phi) is 44.1. The van der Waals surface area contributed by atoms with Crippen molar-refractivity contribution in [3.63, 3.8) is 0 Å². The molecule has 0 aliphatic carbocycles. The maximum atomic E-state index is 3.57. The Labute approximate surface area is 57.0 Å². The molecule has 0 rings (SSSR count). The third kappa shape index (κ3) is 20.4. The predicted octanol–water partition coefficient (Wildman–Crippen LogP) is 1.63. The summed E-state index contributed by atoms with van der Waals surface area (Å²) in [7, 11) is 0. The third-order valence-electron chi connectivity index (χ3n) is 0.204. The summed E-state index contributed by atoms with van der Waals surface area (Å²) in [6.07, 6.45) is 2.03. The van der Waals surface area contributed by atoms with Crippen molar-refractivity contribution in [2.45, 2.75) is 0 Å². The minimum atomic E-state index is 0. The third-order valence-corrected chi connectivity index (χ3v) is 0.612. The van der Waals surface area contributed by atoms with Gasteiger partial charge < -0.3 is 14.4 Å². The molecule has 0 bridgehead atoms. The van der Waals surface area contributed by atoms with Crippen molar-refractivity contribution in [3.8, 4) is 0 Å².